The number of hydrogen-bond acceptors (Lipinski definition) is 4. The number of oxazole rings is 1. The average Bonchev–Trinajstić information content (AvgIpc) is 3.13. The van der Waals surface area contributed by atoms with E-state index in [4.69, 9.17) is 4.42 Å². The van der Waals surface area contributed by atoms with Crippen LogP contribution in [0.15, 0.2) is 45.9 Å². The molecule has 1 aliphatic heterocycles. The second-order valence-corrected chi connectivity index (χ2v) is 7.58. The van der Waals surface area contributed by atoms with Gasteiger partial charge in [-0.05, 0) is 12.1 Å². The summed E-state index contributed by atoms with van der Waals surface area (Å²) in [5, 5.41) is 3.38. The number of nitrogens with zero attached hydrogens (tertiary/aromatic N) is 4. The van der Waals surface area contributed by atoms with Crippen molar-refractivity contribution in [1.29, 1.82) is 0 Å². The van der Waals surface area contributed by atoms with Crippen LogP contribution >= 0.6 is 24.0 Å². The third-order valence-corrected chi connectivity index (χ3v) is 4.60. The second-order valence-electron chi connectivity index (χ2n) is 7.58. The highest BCUT2D eigenvalue weighted by atomic mass is 127. The summed E-state index contributed by atoms with van der Waals surface area (Å²) in [7, 11) is 1.82. The molecule has 2 heterocycles. The van der Waals surface area contributed by atoms with Crippen LogP contribution in [0.3, 0.4) is 0 Å². The molecule has 1 saturated heterocycles. The van der Waals surface area contributed by atoms with Gasteiger partial charge in [-0.2, -0.15) is 0 Å². The summed E-state index contributed by atoms with van der Waals surface area (Å²) < 4.78 is 5.85. The number of piperazine rings is 1. The molecule has 0 aliphatic carbocycles. The Morgan fingerprint density at radius 2 is 1.81 bits per heavy atom. The van der Waals surface area contributed by atoms with E-state index in [0.717, 1.165) is 37.9 Å². The molecule has 0 spiro atoms. The first kappa shape index (κ1) is 21.5. The van der Waals surface area contributed by atoms with Gasteiger partial charge in [-0.15, -0.1) is 24.0 Å². The van der Waals surface area contributed by atoms with Gasteiger partial charge in [-0.25, -0.2) is 4.98 Å². The van der Waals surface area contributed by atoms with Crippen LogP contribution in [0, 0.1) is 0 Å². The van der Waals surface area contributed by atoms with Crippen molar-refractivity contribution in [3.05, 3.63) is 48.2 Å². The first-order chi connectivity index (χ1) is 12.5. The van der Waals surface area contributed by atoms with Gasteiger partial charge in [0.05, 0.1) is 12.7 Å². The molecule has 0 amide bonds. The third-order valence-electron chi connectivity index (χ3n) is 4.60. The number of nitrogens with one attached hydrogen (secondary N) is 1. The molecule has 1 aromatic heterocycles. The Bertz CT molecular complexity index is 730. The standard InChI is InChI=1S/C20H29N5O.HI/c1-20(2,3)17-14-22-18(26-17)15-23-19(21-4)25-12-10-24(11-13-25)16-8-6-5-7-9-16;/h5-9,14H,10-13,15H2,1-4H3,(H,21,23);1H. The predicted octanol–water partition coefficient (Wildman–Crippen LogP) is 3.49. The SMILES string of the molecule is CN=C(NCc1ncc(C(C)(C)C)o1)N1CCN(c2ccccc2)CC1.I. The van der Waals surface area contributed by atoms with E-state index in [9.17, 15) is 0 Å². The number of anilines is 1. The van der Waals surface area contributed by atoms with Gasteiger partial charge in [0.15, 0.2) is 5.96 Å². The van der Waals surface area contributed by atoms with Crippen LogP contribution in [0.25, 0.3) is 0 Å². The zero-order chi connectivity index (χ0) is 18.6. The Kier molecular flexibility index (Phi) is 7.52. The number of hydrogen-bond donors (Lipinski definition) is 1. The number of aromatic nitrogens is 1. The van der Waals surface area contributed by atoms with E-state index in [1.165, 1.54) is 5.69 Å². The minimum atomic E-state index is -0.0271. The fraction of sp³-hybridized carbons (Fsp3) is 0.500. The second kappa shape index (κ2) is 9.43. The van der Waals surface area contributed by atoms with E-state index in [1.807, 2.05) is 13.2 Å². The van der Waals surface area contributed by atoms with E-state index in [0.29, 0.717) is 12.4 Å². The number of guanidine groups is 1. The maximum atomic E-state index is 5.85. The summed E-state index contributed by atoms with van der Waals surface area (Å²) in [5.74, 6) is 2.49. The molecule has 1 aliphatic rings. The summed E-state index contributed by atoms with van der Waals surface area (Å²) >= 11 is 0. The average molecular weight is 483 g/mol. The quantitative estimate of drug-likeness (QED) is 0.412. The predicted molar refractivity (Wildman–Crippen MR) is 121 cm³/mol. The van der Waals surface area contributed by atoms with Gasteiger partial charge in [0, 0.05) is 44.3 Å². The zero-order valence-electron chi connectivity index (χ0n) is 16.6. The molecule has 27 heavy (non-hydrogen) atoms. The van der Waals surface area contributed by atoms with Crippen LogP contribution in [-0.4, -0.2) is 49.1 Å². The first-order valence-corrected chi connectivity index (χ1v) is 9.18. The van der Waals surface area contributed by atoms with Crippen molar-refractivity contribution >= 4 is 35.6 Å². The topological polar surface area (TPSA) is 56.9 Å². The van der Waals surface area contributed by atoms with Gasteiger partial charge in [0.2, 0.25) is 5.89 Å². The molecule has 6 nitrogen and oxygen atoms in total. The highest BCUT2D eigenvalue weighted by Gasteiger charge is 2.21. The lowest BCUT2D eigenvalue weighted by atomic mass is 9.94. The molecule has 3 rings (SSSR count). The molecule has 7 heteroatoms. The van der Waals surface area contributed by atoms with E-state index >= 15 is 0 Å². The molecule has 0 unspecified atom stereocenters. The Balaban J connectivity index is 0.00000261. The van der Waals surface area contributed by atoms with Crippen molar-refractivity contribution in [3.8, 4) is 0 Å². The summed E-state index contributed by atoms with van der Waals surface area (Å²) in [4.78, 5) is 13.5. The summed E-state index contributed by atoms with van der Waals surface area (Å²) in [6, 6.07) is 10.6. The van der Waals surface area contributed by atoms with Crippen molar-refractivity contribution in [2.24, 2.45) is 4.99 Å². The normalized spacial score (nSPS) is 15.5. The molecule has 0 bridgehead atoms. The van der Waals surface area contributed by atoms with Gasteiger partial charge < -0.3 is 19.5 Å². The fourth-order valence-corrected chi connectivity index (χ4v) is 3.04. The summed E-state index contributed by atoms with van der Waals surface area (Å²) in [5.41, 5.74) is 1.25. The van der Waals surface area contributed by atoms with E-state index < -0.39 is 0 Å². The number of rotatable bonds is 3. The lowest BCUT2D eigenvalue weighted by Gasteiger charge is -2.37. The lowest BCUT2D eigenvalue weighted by Crippen LogP contribution is -2.52. The maximum absolute atomic E-state index is 5.85. The summed E-state index contributed by atoms with van der Waals surface area (Å²) in [6.07, 6.45) is 1.82. The van der Waals surface area contributed by atoms with Crippen molar-refractivity contribution in [2.45, 2.75) is 32.7 Å². The molecule has 1 N–H and O–H groups in total. The van der Waals surface area contributed by atoms with E-state index in [1.54, 1.807) is 0 Å². The highest BCUT2D eigenvalue weighted by Crippen LogP contribution is 2.22. The lowest BCUT2D eigenvalue weighted by molar-refractivity contribution is 0.359. The molecule has 2 aromatic rings. The minimum Gasteiger partial charge on any atom is -0.443 e. The van der Waals surface area contributed by atoms with Crippen molar-refractivity contribution in [3.63, 3.8) is 0 Å². The Hall–Kier alpha value is -1.77. The Morgan fingerprint density at radius 1 is 1.15 bits per heavy atom. The molecule has 1 aromatic carbocycles. The summed E-state index contributed by atoms with van der Waals surface area (Å²) in [6.45, 7) is 10.7. The monoisotopic (exact) mass is 483 g/mol. The van der Waals surface area contributed by atoms with E-state index in [2.05, 4.69) is 76.2 Å². The van der Waals surface area contributed by atoms with Gasteiger partial charge in [0.25, 0.3) is 0 Å². The molecule has 0 atom stereocenters. The van der Waals surface area contributed by atoms with Crippen molar-refractivity contribution in [1.82, 2.24) is 15.2 Å². The fourth-order valence-electron chi connectivity index (χ4n) is 3.04. The highest BCUT2D eigenvalue weighted by molar-refractivity contribution is 14.0. The Morgan fingerprint density at radius 3 is 2.37 bits per heavy atom. The first-order valence-electron chi connectivity index (χ1n) is 9.18. The van der Waals surface area contributed by atoms with Gasteiger partial charge in [0.1, 0.15) is 5.76 Å². The van der Waals surface area contributed by atoms with E-state index in [-0.39, 0.29) is 29.4 Å². The Labute approximate surface area is 179 Å². The van der Waals surface area contributed by atoms with Crippen LogP contribution in [0.5, 0.6) is 0 Å². The molecular formula is C20H30IN5O. The van der Waals surface area contributed by atoms with Gasteiger partial charge in [-0.3, -0.25) is 4.99 Å². The van der Waals surface area contributed by atoms with Crippen LogP contribution in [0.4, 0.5) is 5.69 Å². The number of para-hydroxylation sites is 1. The van der Waals surface area contributed by atoms with Gasteiger partial charge >= 0.3 is 0 Å². The molecule has 1 fully saturated rings. The molecule has 0 radical (unpaired) electrons. The van der Waals surface area contributed by atoms with Crippen molar-refractivity contribution in [2.75, 3.05) is 38.1 Å². The van der Waals surface area contributed by atoms with Crippen molar-refractivity contribution < 1.29 is 4.42 Å². The number of benzene rings is 1. The van der Waals surface area contributed by atoms with Crippen LogP contribution in [0.1, 0.15) is 32.4 Å². The smallest absolute Gasteiger partial charge is 0.213 e. The van der Waals surface area contributed by atoms with Crippen LogP contribution < -0.4 is 10.2 Å². The zero-order valence-corrected chi connectivity index (χ0v) is 18.9. The largest absolute Gasteiger partial charge is 0.443 e. The molecule has 0 saturated carbocycles. The number of aliphatic imine (C=N–C) groups is 1. The third kappa shape index (κ3) is 5.60. The minimum absolute atomic E-state index is 0. The van der Waals surface area contributed by atoms with Gasteiger partial charge in [-0.1, -0.05) is 39.0 Å². The van der Waals surface area contributed by atoms with Crippen LogP contribution in [0.2, 0.25) is 0 Å². The molecular weight excluding hydrogens is 453 g/mol. The van der Waals surface area contributed by atoms with Crippen LogP contribution in [-0.2, 0) is 12.0 Å². The maximum Gasteiger partial charge on any atom is 0.213 e. The number of halogens is 1. The molecule has 148 valence electrons.